The zero-order chi connectivity index (χ0) is 16.2. The highest BCUT2D eigenvalue weighted by molar-refractivity contribution is 7.91. The van der Waals surface area contributed by atoms with Crippen molar-refractivity contribution in [1.29, 1.82) is 0 Å². The molecule has 1 N–H and O–H groups in total. The van der Waals surface area contributed by atoms with Crippen LogP contribution in [-0.4, -0.2) is 40.7 Å². The van der Waals surface area contributed by atoms with Gasteiger partial charge in [-0.15, -0.1) is 0 Å². The maximum atomic E-state index is 11.9. The maximum Gasteiger partial charge on any atom is 0.162 e. The molecule has 0 radical (unpaired) electrons. The highest BCUT2D eigenvalue weighted by atomic mass is 35.5. The van der Waals surface area contributed by atoms with E-state index in [1.54, 1.807) is 19.1 Å². The molecule has 0 spiro atoms. The molecule has 2 atom stereocenters. The van der Waals surface area contributed by atoms with Gasteiger partial charge in [0.05, 0.1) is 25.5 Å². The van der Waals surface area contributed by atoms with Crippen LogP contribution in [0.15, 0.2) is 12.1 Å². The van der Waals surface area contributed by atoms with Gasteiger partial charge in [-0.05, 0) is 25.1 Å². The Hall–Kier alpha value is -0.980. The van der Waals surface area contributed by atoms with E-state index < -0.39 is 21.1 Å². The fraction of sp³-hybridized carbons (Fsp3) is 0.571. The highest BCUT2D eigenvalue weighted by Gasteiger charge is 2.29. The number of rotatable bonds is 7. The standard InChI is InChI=1S/C14H22ClNO4S/c1-6-16-14(9(2)21(5,17)18)10-7-12(19-3)13(20-4)8-11(10)15/h7-9,14,16H,6H2,1-5H3. The smallest absolute Gasteiger partial charge is 0.162 e. The lowest BCUT2D eigenvalue weighted by Crippen LogP contribution is -2.35. The Balaban J connectivity index is 3.38. The molecule has 120 valence electrons. The van der Waals surface area contributed by atoms with Crippen LogP contribution in [-0.2, 0) is 9.84 Å². The third-order valence-electron chi connectivity index (χ3n) is 3.41. The number of ether oxygens (including phenoxy) is 2. The van der Waals surface area contributed by atoms with E-state index in [0.717, 1.165) is 0 Å². The van der Waals surface area contributed by atoms with Crippen molar-refractivity contribution in [1.82, 2.24) is 5.32 Å². The van der Waals surface area contributed by atoms with E-state index in [2.05, 4.69) is 5.32 Å². The summed E-state index contributed by atoms with van der Waals surface area (Å²) in [6, 6.07) is 2.93. The van der Waals surface area contributed by atoms with Crippen molar-refractivity contribution in [3.63, 3.8) is 0 Å². The zero-order valence-corrected chi connectivity index (χ0v) is 14.5. The van der Waals surface area contributed by atoms with Gasteiger partial charge in [-0.2, -0.15) is 0 Å². The average Bonchev–Trinajstić information content (AvgIpc) is 2.43. The molecule has 0 heterocycles. The normalized spacial score (nSPS) is 14.6. The van der Waals surface area contributed by atoms with Gasteiger partial charge in [0.25, 0.3) is 0 Å². The van der Waals surface area contributed by atoms with Crippen LogP contribution in [0.4, 0.5) is 0 Å². The molecule has 5 nitrogen and oxygen atoms in total. The first-order valence-corrected chi connectivity index (χ1v) is 8.93. The molecule has 0 amide bonds. The predicted molar refractivity (Wildman–Crippen MR) is 85.3 cm³/mol. The first-order valence-electron chi connectivity index (χ1n) is 6.59. The molecular formula is C14H22ClNO4S. The van der Waals surface area contributed by atoms with E-state index in [-0.39, 0.29) is 0 Å². The molecule has 0 aliphatic carbocycles. The molecule has 0 bridgehead atoms. The lowest BCUT2D eigenvalue weighted by atomic mass is 10.0. The van der Waals surface area contributed by atoms with Crippen LogP contribution < -0.4 is 14.8 Å². The Morgan fingerprint density at radius 2 is 1.76 bits per heavy atom. The van der Waals surface area contributed by atoms with Gasteiger partial charge in [-0.3, -0.25) is 0 Å². The largest absolute Gasteiger partial charge is 0.493 e. The number of methoxy groups -OCH3 is 2. The van der Waals surface area contributed by atoms with Crippen LogP contribution in [0.25, 0.3) is 0 Å². The van der Waals surface area contributed by atoms with Crippen LogP contribution in [0.2, 0.25) is 5.02 Å². The topological polar surface area (TPSA) is 64.6 Å². The van der Waals surface area contributed by atoms with E-state index in [9.17, 15) is 8.42 Å². The molecule has 0 saturated carbocycles. The Morgan fingerprint density at radius 3 is 2.19 bits per heavy atom. The summed E-state index contributed by atoms with van der Waals surface area (Å²) in [6.45, 7) is 4.20. The third kappa shape index (κ3) is 4.25. The van der Waals surface area contributed by atoms with Crippen LogP contribution in [0, 0.1) is 0 Å². The van der Waals surface area contributed by atoms with E-state index in [1.807, 2.05) is 6.92 Å². The molecule has 1 aromatic carbocycles. The summed E-state index contributed by atoms with van der Waals surface area (Å²) in [4.78, 5) is 0. The predicted octanol–water partition coefficient (Wildman–Crippen LogP) is 2.44. The van der Waals surface area contributed by atoms with E-state index in [1.165, 1.54) is 20.5 Å². The molecule has 0 aliphatic rings. The molecule has 21 heavy (non-hydrogen) atoms. The summed E-state index contributed by atoms with van der Waals surface area (Å²) in [6.07, 6.45) is 1.22. The fourth-order valence-electron chi connectivity index (χ4n) is 2.10. The molecule has 0 aromatic heterocycles. The zero-order valence-electron chi connectivity index (χ0n) is 12.9. The molecule has 0 saturated heterocycles. The van der Waals surface area contributed by atoms with Crippen molar-refractivity contribution in [3.8, 4) is 11.5 Å². The first kappa shape index (κ1) is 18.1. The minimum absolute atomic E-state index is 0.419. The quantitative estimate of drug-likeness (QED) is 0.829. The summed E-state index contributed by atoms with van der Waals surface area (Å²) in [5.41, 5.74) is 0.675. The fourth-order valence-corrected chi connectivity index (χ4v) is 3.11. The van der Waals surface area contributed by atoms with Gasteiger partial charge in [0, 0.05) is 17.3 Å². The summed E-state index contributed by atoms with van der Waals surface area (Å²) in [5, 5.41) is 3.00. The Labute approximate surface area is 131 Å². The van der Waals surface area contributed by atoms with Crippen LogP contribution in [0.5, 0.6) is 11.5 Å². The van der Waals surface area contributed by atoms with Gasteiger partial charge in [0.15, 0.2) is 21.3 Å². The molecule has 2 unspecified atom stereocenters. The van der Waals surface area contributed by atoms with Crippen molar-refractivity contribution in [2.75, 3.05) is 27.0 Å². The number of halogens is 1. The van der Waals surface area contributed by atoms with Gasteiger partial charge in [-0.25, -0.2) is 8.42 Å². The van der Waals surface area contributed by atoms with E-state index in [0.29, 0.717) is 28.6 Å². The van der Waals surface area contributed by atoms with E-state index in [4.69, 9.17) is 21.1 Å². The van der Waals surface area contributed by atoms with Crippen molar-refractivity contribution in [3.05, 3.63) is 22.7 Å². The molecule has 1 rings (SSSR count). The van der Waals surface area contributed by atoms with Gasteiger partial charge in [-0.1, -0.05) is 18.5 Å². The molecule has 1 aromatic rings. The number of benzene rings is 1. The number of sulfone groups is 1. The second kappa shape index (κ2) is 7.33. The molecule has 0 aliphatic heterocycles. The monoisotopic (exact) mass is 335 g/mol. The summed E-state index contributed by atoms with van der Waals surface area (Å²) >= 11 is 6.29. The first-order chi connectivity index (χ1) is 9.76. The average molecular weight is 336 g/mol. The van der Waals surface area contributed by atoms with Gasteiger partial charge in [0.1, 0.15) is 0 Å². The third-order valence-corrected chi connectivity index (χ3v) is 5.36. The van der Waals surface area contributed by atoms with Crippen LogP contribution >= 0.6 is 11.6 Å². The maximum absolute atomic E-state index is 11.9. The SMILES string of the molecule is CCNC(c1cc(OC)c(OC)cc1Cl)C(C)S(C)(=O)=O. The Kier molecular flexibility index (Phi) is 6.31. The van der Waals surface area contributed by atoms with Crippen molar-refractivity contribution in [2.45, 2.75) is 25.1 Å². The van der Waals surface area contributed by atoms with Crippen LogP contribution in [0.3, 0.4) is 0 Å². The summed E-state index contributed by atoms with van der Waals surface area (Å²) < 4.78 is 34.2. The van der Waals surface area contributed by atoms with Crippen LogP contribution in [0.1, 0.15) is 25.5 Å². The number of hydrogen-bond donors (Lipinski definition) is 1. The Bertz CT molecular complexity index is 589. The summed E-state index contributed by atoms with van der Waals surface area (Å²) in [5.74, 6) is 1.02. The molecule has 7 heteroatoms. The van der Waals surface area contributed by atoms with Crippen molar-refractivity contribution < 1.29 is 17.9 Å². The van der Waals surface area contributed by atoms with Gasteiger partial charge in [0.2, 0.25) is 0 Å². The second-order valence-electron chi connectivity index (χ2n) is 4.80. The van der Waals surface area contributed by atoms with Gasteiger partial charge < -0.3 is 14.8 Å². The number of hydrogen-bond acceptors (Lipinski definition) is 5. The lowest BCUT2D eigenvalue weighted by molar-refractivity contribution is 0.353. The summed E-state index contributed by atoms with van der Waals surface area (Å²) in [7, 11) is -0.169. The van der Waals surface area contributed by atoms with Crippen molar-refractivity contribution >= 4 is 21.4 Å². The molecule has 0 fully saturated rings. The lowest BCUT2D eigenvalue weighted by Gasteiger charge is -2.25. The van der Waals surface area contributed by atoms with Gasteiger partial charge >= 0.3 is 0 Å². The highest BCUT2D eigenvalue weighted by Crippen LogP contribution is 2.37. The minimum Gasteiger partial charge on any atom is -0.493 e. The molecular weight excluding hydrogens is 314 g/mol. The second-order valence-corrected chi connectivity index (χ2v) is 7.61. The Morgan fingerprint density at radius 1 is 1.24 bits per heavy atom. The number of nitrogens with one attached hydrogen (secondary N) is 1. The van der Waals surface area contributed by atoms with Crippen molar-refractivity contribution in [2.24, 2.45) is 0 Å². The minimum atomic E-state index is -3.22. The van der Waals surface area contributed by atoms with E-state index >= 15 is 0 Å².